The number of carbonyl (C=O) groups excluding carboxylic acids is 1. The lowest BCUT2D eigenvalue weighted by molar-refractivity contribution is -0.113. The average Bonchev–Trinajstić information content (AvgIpc) is 2.82. The lowest BCUT2D eigenvalue weighted by atomic mass is 9.94. The van der Waals surface area contributed by atoms with Crippen LogP contribution in [0.4, 0.5) is 0 Å². The molecule has 31 heavy (non-hydrogen) atoms. The zero-order valence-electron chi connectivity index (χ0n) is 17.1. The summed E-state index contributed by atoms with van der Waals surface area (Å²) < 4.78 is 5.99. The summed E-state index contributed by atoms with van der Waals surface area (Å²) in [4.78, 5) is 11.4. The van der Waals surface area contributed by atoms with E-state index in [-0.39, 0.29) is 0 Å². The van der Waals surface area contributed by atoms with Crippen LogP contribution in [0, 0.1) is 0 Å². The maximum Gasteiger partial charge on any atom is 0.241 e. The summed E-state index contributed by atoms with van der Waals surface area (Å²) in [5, 5.41) is 0. The van der Waals surface area contributed by atoms with Gasteiger partial charge in [-0.05, 0) is 57.7 Å². The van der Waals surface area contributed by atoms with Crippen molar-refractivity contribution in [2.45, 2.75) is 6.61 Å². The third-order valence-electron chi connectivity index (χ3n) is 4.98. The van der Waals surface area contributed by atoms with Crippen molar-refractivity contribution in [1.29, 1.82) is 0 Å². The fourth-order valence-electron chi connectivity index (χ4n) is 3.44. The Balaban J connectivity index is 1.67. The molecule has 0 radical (unpaired) electrons. The minimum Gasteiger partial charge on any atom is -0.489 e. The molecular weight excluding hydrogens is 382 g/mol. The van der Waals surface area contributed by atoms with Gasteiger partial charge < -0.3 is 10.5 Å². The Morgan fingerprint density at radius 2 is 1.45 bits per heavy atom. The van der Waals surface area contributed by atoms with Crippen LogP contribution in [0.3, 0.4) is 0 Å². The molecule has 0 atom stereocenters. The summed E-state index contributed by atoms with van der Waals surface area (Å²) in [6.07, 6.45) is 3.16. The molecule has 4 aromatic rings. The SMILES string of the molecule is NC(=O)/C=C/c1cc(-c2ccccc2)ccc1-c1cccc(OCc2ccccc2)c1. The Kier molecular flexibility index (Phi) is 6.24. The van der Waals surface area contributed by atoms with Crippen molar-refractivity contribution in [3.63, 3.8) is 0 Å². The molecular formula is C28H23NO2. The van der Waals surface area contributed by atoms with Gasteiger partial charge in [-0.15, -0.1) is 0 Å². The highest BCUT2D eigenvalue weighted by Gasteiger charge is 2.08. The Hall–Kier alpha value is -4.11. The lowest BCUT2D eigenvalue weighted by Gasteiger charge is -2.12. The molecule has 0 aliphatic rings. The van der Waals surface area contributed by atoms with E-state index >= 15 is 0 Å². The van der Waals surface area contributed by atoms with E-state index in [0.717, 1.165) is 39.1 Å². The van der Waals surface area contributed by atoms with E-state index < -0.39 is 5.91 Å². The summed E-state index contributed by atoms with van der Waals surface area (Å²) in [5.74, 6) is 0.314. The van der Waals surface area contributed by atoms with E-state index in [1.54, 1.807) is 6.08 Å². The van der Waals surface area contributed by atoms with Crippen LogP contribution in [-0.4, -0.2) is 5.91 Å². The van der Waals surface area contributed by atoms with E-state index in [0.29, 0.717) is 6.61 Å². The van der Waals surface area contributed by atoms with Crippen LogP contribution in [0.5, 0.6) is 5.75 Å². The number of nitrogens with two attached hydrogens (primary N) is 1. The number of carbonyl (C=O) groups is 1. The Morgan fingerprint density at radius 1 is 0.742 bits per heavy atom. The number of amides is 1. The van der Waals surface area contributed by atoms with Crippen LogP contribution in [-0.2, 0) is 11.4 Å². The van der Waals surface area contributed by atoms with E-state index in [4.69, 9.17) is 10.5 Å². The van der Waals surface area contributed by atoms with Gasteiger partial charge in [0.1, 0.15) is 12.4 Å². The first-order chi connectivity index (χ1) is 15.2. The van der Waals surface area contributed by atoms with Crippen LogP contribution < -0.4 is 10.5 Å². The molecule has 0 bridgehead atoms. The van der Waals surface area contributed by atoms with Gasteiger partial charge in [-0.25, -0.2) is 0 Å². The van der Waals surface area contributed by atoms with Crippen molar-refractivity contribution in [2.75, 3.05) is 0 Å². The number of primary amides is 1. The molecule has 0 fully saturated rings. The Morgan fingerprint density at radius 3 is 2.19 bits per heavy atom. The third kappa shape index (κ3) is 5.28. The van der Waals surface area contributed by atoms with Crippen LogP contribution in [0.15, 0.2) is 109 Å². The quantitative estimate of drug-likeness (QED) is 0.378. The monoisotopic (exact) mass is 405 g/mol. The first-order valence-corrected chi connectivity index (χ1v) is 10.1. The minimum absolute atomic E-state index is 0.476. The number of benzene rings is 4. The molecule has 0 spiro atoms. The van der Waals surface area contributed by atoms with Gasteiger partial charge in [0.05, 0.1) is 0 Å². The highest BCUT2D eigenvalue weighted by molar-refractivity contribution is 5.92. The molecule has 4 rings (SSSR count). The van der Waals surface area contributed by atoms with Crippen LogP contribution in [0.25, 0.3) is 28.3 Å². The first kappa shape index (κ1) is 20.2. The van der Waals surface area contributed by atoms with Crippen LogP contribution in [0.1, 0.15) is 11.1 Å². The third-order valence-corrected chi connectivity index (χ3v) is 4.98. The van der Waals surface area contributed by atoms with Crippen molar-refractivity contribution in [1.82, 2.24) is 0 Å². The van der Waals surface area contributed by atoms with E-state index in [1.165, 1.54) is 6.08 Å². The van der Waals surface area contributed by atoms with Gasteiger partial charge in [-0.1, -0.05) is 84.9 Å². The zero-order valence-corrected chi connectivity index (χ0v) is 17.1. The molecule has 1 amide bonds. The number of rotatable bonds is 7. The fourth-order valence-corrected chi connectivity index (χ4v) is 3.44. The summed E-state index contributed by atoms with van der Waals surface area (Å²) >= 11 is 0. The highest BCUT2D eigenvalue weighted by atomic mass is 16.5. The molecule has 3 heteroatoms. The summed E-state index contributed by atoms with van der Waals surface area (Å²) in [5.41, 5.74) is 11.6. The fraction of sp³-hybridized carbons (Fsp3) is 0.0357. The summed E-state index contributed by atoms with van der Waals surface area (Å²) in [6, 6.07) is 34.4. The largest absolute Gasteiger partial charge is 0.489 e. The number of hydrogen-bond acceptors (Lipinski definition) is 2. The van der Waals surface area contributed by atoms with Gasteiger partial charge in [-0.2, -0.15) is 0 Å². The topological polar surface area (TPSA) is 52.3 Å². The predicted molar refractivity (Wildman–Crippen MR) is 126 cm³/mol. The molecule has 0 aromatic heterocycles. The molecule has 2 N–H and O–H groups in total. The maximum absolute atomic E-state index is 11.4. The van der Waals surface area contributed by atoms with E-state index in [1.807, 2.05) is 72.8 Å². The first-order valence-electron chi connectivity index (χ1n) is 10.1. The average molecular weight is 405 g/mol. The van der Waals surface area contributed by atoms with Gasteiger partial charge in [0.2, 0.25) is 5.91 Å². The van der Waals surface area contributed by atoms with Crippen molar-refractivity contribution in [2.24, 2.45) is 5.73 Å². The predicted octanol–water partition coefficient (Wildman–Crippen LogP) is 6.10. The van der Waals surface area contributed by atoms with Gasteiger partial charge in [0, 0.05) is 6.08 Å². The van der Waals surface area contributed by atoms with Gasteiger partial charge in [0.25, 0.3) is 0 Å². The lowest BCUT2D eigenvalue weighted by Crippen LogP contribution is -2.05. The number of ether oxygens (including phenoxy) is 1. The van der Waals surface area contributed by atoms with Gasteiger partial charge in [-0.3, -0.25) is 4.79 Å². The molecule has 3 nitrogen and oxygen atoms in total. The summed E-state index contributed by atoms with van der Waals surface area (Å²) in [7, 11) is 0. The van der Waals surface area contributed by atoms with Crippen LogP contribution >= 0.6 is 0 Å². The van der Waals surface area contributed by atoms with Crippen molar-refractivity contribution < 1.29 is 9.53 Å². The number of hydrogen-bond donors (Lipinski definition) is 1. The molecule has 0 heterocycles. The molecule has 0 aliphatic carbocycles. The standard InChI is InChI=1S/C28H23NO2/c29-28(30)17-15-25-18-23(22-10-5-2-6-11-22)14-16-27(25)24-12-7-13-26(19-24)31-20-21-8-3-1-4-9-21/h1-19H,20H2,(H2,29,30)/b17-15+. The van der Waals surface area contributed by atoms with Gasteiger partial charge >= 0.3 is 0 Å². The Bertz CT molecular complexity index is 1200. The molecule has 0 saturated carbocycles. The van der Waals surface area contributed by atoms with Crippen molar-refractivity contribution in [3.8, 4) is 28.0 Å². The van der Waals surface area contributed by atoms with Crippen LogP contribution in [0.2, 0.25) is 0 Å². The normalized spacial score (nSPS) is 10.8. The molecule has 0 aliphatic heterocycles. The smallest absolute Gasteiger partial charge is 0.241 e. The molecule has 152 valence electrons. The minimum atomic E-state index is -0.476. The zero-order chi connectivity index (χ0) is 21.5. The van der Waals surface area contributed by atoms with E-state index in [9.17, 15) is 4.79 Å². The maximum atomic E-state index is 11.4. The molecule has 0 saturated heterocycles. The highest BCUT2D eigenvalue weighted by Crippen LogP contribution is 2.32. The van der Waals surface area contributed by atoms with E-state index in [2.05, 4.69) is 30.3 Å². The van der Waals surface area contributed by atoms with Crippen molar-refractivity contribution in [3.05, 3.63) is 120 Å². The second-order valence-electron chi connectivity index (χ2n) is 7.21. The van der Waals surface area contributed by atoms with Gasteiger partial charge in [0.15, 0.2) is 0 Å². The second kappa shape index (κ2) is 9.59. The summed E-state index contributed by atoms with van der Waals surface area (Å²) in [6.45, 7) is 0.506. The second-order valence-corrected chi connectivity index (χ2v) is 7.21. The Labute approximate surface area is 182 Å². The molecule has 4 aromatic carbocycles. The molecule has 0 unspecified atom stereocenters. The van der Waals surface area contributed by atoms with Crippen molar-refractivity contribution >= 4 is 12.0 Å².